The molecule has 0 bridgehead atoms. The average molecular weight is 192 g/mol. The number of hydrogen-bond acceptors (Lipinski definition) is 3. The van der Waals surface area contributed by atoms with Crippen LogP contribution >= 0.6 is 0 Å². The van der Waals surface area contributed by atoms with Crippen LogP contribution in [0.1, 0.15) is 35.2 Å². The first kappa shape index (κ1) is 9.21. The van der Waals surface area contributed by atoms with Crippen molar-refractivity contribution >= 4 is 5.97 Å². The molecule has 1 fully saturated rings. The molecule has 1 saturated carbocycles. The summed E-state index contributed by atoms with van der Waals surface area (Å²) < 4.78 is 0. The molecule has 1 aliphatic rings. The van der Waals surface area contributed by atoms with Gasteiger partial charge in [0.25, 0.3) is 0 Å². The molecule has 3 heteroatoms. The first-order chi connectivity index (χ1) is 6.72. The first-order valence-electron chi connectivity index (χ1n) is 4.68. The van der Waals surface area contributed by atoms with Crippen molar-refractivity contribution in [2.45, 2.75) is 19.3 Å². The normalized spacial score (nSPS) is 24.4. The molecule has 1 N–H and O–H groups in total. The average Bonchev–Trinajstić information content (AvgIpc) is 2.95. The molecule has 0 radical (unpaired) electrons. The van der Waals surface area contributed by atoms with Gasteiger partial charge in [-0.15, -0.1) is 0 Å². The van der Waals surface area contributed by atoms with Gasteiger partial charge in [-0.2, -0.15) is 5.26 Å². The second-order valence-corrected chi connectivity index (χ2v) is 3.82. The Morgan fingerprint density at radius 2 is 2.29 bits per heavy atom. The van der Waals surface area contributed by atoms with Crippen molar-refractivity contribution in [3.05, 3.63) is 35.4 Å². The second-order valence-electron chi connectivity index (χ2n) is 3.82. The van der Waals surface area contributed by atoms with Crippen molar-refractivity contribution in [2.75, 3.05) is 0 Å². The van der Waals surface area contributed by atoms with Crippen LogP contribution in [0, 0.1) is 5.92 Å². The second kappa shape index (κ2) is 3.42. The van der Waals surface area contributed by atoms with Crippen molar-refractivity contribution < 1.29 is 14.9 Å². The zero-order valence-corrected chi connectivity index (χ0v) is 7.93. The maximum absolute atomic E-state index is 11.0. The van der Waals surface area contributed by atoms with Crippen molar-refractivity contribution in [2.24, 2.45) is 5.92 Å². The Bertz CT molecular complexity index is 359. The maximum atomic E-state index is 11.0. The van der Waals surface area contributed by atoms with Crippen LogP contribution in [0.25, 0.3) is 0 Å². The Balaban J connectivity index is 2.23. The first-order valence-corrected chi connectivity index (χ1v) is 4.68. The van der Waals surface area contributed by atoms with Gasteiger partial charge in [-0.25, -0.2) is 4.79 Å². The Hall–Kier alpha value is -1.35. The van der Waals surface area contributed by atoms with Crippen molar-refractivity contribution in [1.82, 2.24) is 0 Å². The van der Waals surface area contributed by atoms with Gasteiger partial charge < -0.3 is 0 Å². The van der Waals surface area contributed by atoms with E-state index in [2.05, 4.69) is 11.8 Å². The minimum atomic E-state index is -0.694. The third kappa shape index (κ3) is 1.63. The van der Waals surface area contributed by atoms with Crippen LogP contribution < -0.4 is 0 Å². The van der Waals surface area contributed by atoms with Gasteiger partial charge in [-0.05, 0) is 36.0 Å². The number of hydrogen-bond donors (Lipinski definition) is 1. The van der Waals surface area contributed by atoms with E-state index >= 15 is 0 Å². The Kier molecular flexibility index (Phi) is 2.25. The summed E-state index contributed by atoms with van der Waals surface area (Å²) in [5, 5.41) is 8.24. The molecule has 3 nitrogen and oxygen atoms in total. The Morgan fingerprint density at radius 3 is 2.86 bits per heavy atom. The summed E-state index contributed by atoms with van der Waals surface area (Å²) in [6.45, 7) is 2.18. The highest BCUT2D eigenvalue weighted by Gasteiger charge is 2.34. The SMILES string of the molecule is CC1CC1c1cccc(C(=O)OO)c1. The van der Waals surface area contributed by atoms with Crippen LogP contribution in [-0.4, -0.2) is 11.2 Å². The zero-order chi connectivity index (χ0) is 10.1. The molecule has 0 saturated heterocycles. The molecule has 2 rings (SSSR count). The van der Waals surface area contributed by atoms with Crippen molar-refractivity contribution in [1.29, 1.82) is 0 Å². The lowest BCUT2D eigenvalue weighted by atomic mass is 10.1. The molecule has 1 aromatic rings. The molecule has 0 spiro atoms. The highest BCUT2D eigenvalue weighted by molar-refractivity contribution is 5.89. The summed E-state index contributed by atoms with van der Waals surface area (Å²) in [6.07, 6.45) is 1.18. The molecule has 74 valence electrons. The van der Waals surface area contributed by atoms with Crippen LogP contribution in [0.15, 0.2) is 24.3 Å². The lowest BCUT2D eigenvalue weighted by molar-refractivity contribution is -0.182. The molecular weight excluding hydrogens is 180 g/mol. The molecule has 0 amide bonds. The molecule has 0 aromatic heterocycles. The fourth-order valence-corrected chi connectivity index (χ4v) is 1.74. The third-order valence-electron chi connectivity index (χ3n) is 2.74. The molecule has 1 aliphatic carbocycles. The van der Waals surface area contributed by atoms with E-state index in [0.29, 0.717) is 17.4 Å². The van der Waals surface area contributed by atoms with E-state index in [0.717, 1.165) is 5.56 Å². The van der Waals surface area contributed by atoms with E-state index < -0.39 is 5.97 Å². The van der Waals surface area contributed by atoms with Gasteiger partial charge in [0.1, 0.15) is 0 Å². The van der Waals surface area contributed by atoms with Gasteiger partial charge in [0.05, 0.1) is 5.56 Å². The fourth-order valence-electron chi connectivity index (χ4n) is 1.74. The number of carbonyl (C=O) groups is 1. The zero-order valence-electron chi connectivity index (χ0n) is 7.93. The summed E-state index contributed by atoms with van der Waals surface area (Å²) in [6, 6.07) is 7.23. The minimum absolute atomic E-state index is 0.407. The molecule has 0 heterocycles. The van der Waals surface area contributed by atoms with Gasteiger partial charge in [0.15, 0.2) is 0 Å². The number of rotatable bonds is 2. The van der Waals surface area contributed by atoms with Crippen molar-refractivity contribution in [3.8, 4) is 0 Å². The lowest BCUT2D eigenvalue weighted by Crippen LogP contribution is -2.01. The van der Waals surface area contributed by atoms with E-state index in [-0.39, 0.29) is 0 Å². The standard InChI is InChI=1S/C11H12O3/c1-7-5-10(7)8-3-2-4-9(6-8)11(12)14-13/h2-4,6-7,10,13H,5H2,1H3. The molecule has 2 unspecified atom stereocenters. The van der Waals surface area contributed by atoms with Crippen LogP contribution in [-0.2, 0) is 4.89 Å². The summed E-state index contributed by atoms with van der Waals surface area (Å²) in [4.78, 5) is 14.7. The topological polar surface area (TPSA) is 46.5 Å². The van der Waals surface area contributed by atoms with Gasteiger partial charge in [-0.1, -0.05) is 19.1 Å². The highest BCUT2D eigenvalue weighted by atomic mass is 17.1. The summed E-state index contributed by atoms with van der Waals surface area (Å²) in [7, 11) is 0. The molecule has 2 atom stereocenters. The quantitative estimate of drug-likeness (QED) is 0.578. The summed E-state index contributed by atoms with van der Waals surface area (Å²) in [5.41, 5.74) is 1.56. The smallest absolute Gasteiger partial charge is 0.296 e. The summed E-state index contributed by atoms with van der Waals surface area (Å²) >= 11 is 0. The van der Waals surface area contributed by atoms with Gasteiger partial charge >= 0.3 is 5.97 Å². The Morgan fingerprint density at radius 1 is 1.57 bits per heavy atom. The summed E-state index contributed by atoms with van der Waals surface area (Å²) in [5.74, 6) is 0.581. The maximum Gasteiger partial charge on any atom is 0.372 e. The number of carbonyl (C=O) groups excluding carboxylic acids is 1. The molecule has 14 heavy (non-hydrogen) atoms. The van der Waals surface area contributed by atoms with E-state index in [9.17, 15) is 4.79 Å². The van der Waals surface area contributed by atoms with E-state index in [4.69, 9.17) is 5.26 Å². The third-order valence-corrected chi connectivity index (χ3v) is 2.74. The minimum Gasteiger partial charge on any atom is -0.296 e. The van der Waals surface area contributed by atoms with Crippen LogP contribution in [0.3, 0.4) is 0 Å². The monoisotopic (exact) mass is 192 g/mol. The van der Waals surface area contributed by atoms with E-state index in [1.807, 2.05) is 12.1 Å². The molecular formula is C11H12O3. The lowest BCUT2D eigenvalue weighted by Gasteiger charge is -2.01. The van der Waals surface area contributed by atoms with Gasteiger partial charge in [-0.3, -0.25) is 4.89 Å². The van der Waals surface area contributed by atoms with Crippen LogP contribution in [0.4, 0.5) is 0 Å². The Labute approximate surface area is 82.2 Å². The van der Waals surface area contributed by atoms with Crippen molar-refractivity contribution in [3.63, 3.8) is 0 Å². The largest absolute Gasteiger partial charge is 0.372 e. The molecule has 0 aliphatic heterocycles. The van der Waals surface area contributed by atoms with Gasteiger partial charge in [0.2, 0.25) is 0 Å². The van der Waals surface area contributed by atoms with Crippen LogP contribution in [0.5, 0.6) is 0 Å². The van der Waals surface area contributed by atoms with Crippen LogP contribution in [0.2, 0.25) is 0 Å². The fraction of sp³-hybridized carbons (Fsp3) is 0.364. The molecule has 1 aromatic carbocycles. The predicted octanol–water partition coefficient (Wildman–Crippen LogP) is 2.44. The number of benzene rings is 1. The van der Waals surface area contributed by atoms with E-state index in [1.54, 1.807) is 12.1 Å². The van der Waals surface area contributed by atoms with E-state index in [1.165, 1.54) is 6.42 Å². The predicted molar refractivity (Wildman–Crippen MR) is 51.0 cm³/mol. The van der Waals surface area contributed by atoms with Gasteiger partial charge in [0, 0.05) is 0 Å². The highest BCUT2D eigenvalue weighted by Crippen LogP contribution is 2.46.